The molecule has 0 saturated carbocycles. The van der Waals surface area contributed by atoms with Crippen LogP contribution in [0.25, 0.3) is 6.08 Å². The Labute approximate surface area is 135 Å². The van der Waals surface area contributed by atoms with Crippen molar-refractivity contribution in [3.8, 4) is 0 Å². The van der Waals surface area contributed by atoms with Gasteiger partial charge in [0.05, 0.1) is 19.5 Å². The summed E-state index contributed by atoms with van der Waals surface area (Å²) in [6, 6.07) is 11.4. The van der Waals surface area contributed by atoms with Crippen molar-refractivity contribution >= 4 is 17.5 Å². The lowest BCUT2D eigenvalue weighted by Crippen LogP contribution is -2.36. The number of ketones is 1. The number of nitrogens with zero attached hydrogens (tertiary/aromatic N) is 1. The van der Waals surface area contributed by atoms with Crippen molar-refractivity contribution in [3.63, 3.8) is 0 Å². The van der Waals surface area contributed by atoms with Crippen LogP contribution in [0, 0.1) is 0 Å². The standard InChI is InChI=1S/C19H19NO3/c21-19(6-2-1-4-18-5-3-13-23-18)16-7-9-17(10-8-16)20-11-14-22-15-12-20/h1-10,13H,11-12,14-15H2/b4-1+,6-2+. The average molecular weight is 309 g/mol. The van der Waals surface area contributed by atoms with Crippen molar-refractivity contribution in [3.05, 3.63) is 72.2 Å². The fourth-order valence-corrected chi connectivity index (χ4v) is 2.43. The lowest BCUT2D eigenvalue weighted by atomic mass is 10.1. The summed E-state index contributed by atoms with van der Waals surface area (Å²) in [7, 11) is 0. The molecule has 1 aliphatic heterocycles. The van der Waals surface area contributed by atoms with Gasteiger partial charge in [0.2, 0.25) is 0 Å². The van der Waals surface area contributed by atoms with E-state index in [-0.39, 0.29) is 5.78 Å². The van der Waals surface area contributed by atoms with Crippen LogP contribution in [0.1, 0.15) is 16.1 Å². The van der Waals surface area contributed by atoms with Crippen LogP contribution in [0.3, 0.4) is 0 Å². The number of rotatable bonds is 5. The van der Waals surface area contributed by atoms with Crippen molar-refractivity contribution < 1.29 is 13.9 Å². The van der Waals surface area contributed by atoms with E-state index in [1.165, 1.54) is 0 Å². The third-order valence-electron chi connectivity index (χ3n) is 3.69. The monoisotopic (exact) mass is 309 g/mol. The fourth-order valence-electron chi connectivity index (χ4n) is 2.43. The summed E-state index contributed by atoms with van der Waals surface area (Å²) in [5, 5.41) is 0. The maximum Gasteiger partial charge on any atom is 0.185 e. The number of furan rings is 1. The molecule has 1 fully saturated rings. The average Bonchev–Trinajstić information content (AvgIpc) is 3.13. The smallest absolute Gasteiger partial charge is 0.185 e. The van der Waals surface area contributed by atoms with Gasteiger partial charge in [-0.2, -0.15) is 0 Å². The zero-order valence-electron chi connectivity index (χ0n) is 12.9. The molecule has 4 nitrogen and oxygen atoms in total. The largest absolute Gasteiger partial charge is 0.465 e. The van der Waals surface area contributed by atoms with Crippen LogP contribution >= 0.6 is 0 Å². The van der Waals surface area contributed by atoms with E-state index in [2.05, 4.69) is 4.90 Å². The summed E-state index contributed by atoms with van der Waals surface area (Å²) < 4.78 is 10.5. The lowest BCUT2D eigenvalue weighted by molar-refractivity contribution is 0.104. The van der Waals surface area contributed by atoms with Gasteiger partial charge in [-0.3, -0.25) is 4.79 Å². The highest BCUT2D eigenvalue weighted by Gasteiger charge is 2.11. The van der Waals surface area contributed by atoms with Gasteiger partial charge in [-0.15, -0.1) is 0 Å². The molecule has 0 unspecified atom stereocenters. The minimum atomic E-state index is -0.0115. The van der Waals surface area contributed by atoms with Gasteiger partial charge in [-0.25, -0.2) is 0 Å². The van der Waals surface area contributed by atoms with Gasteiger partial charge in [0.15, 0.2) is 5.78 Å². The molecule has 3 rings (SSSR count). The van der Waals surface area contributed by atoms with E-state index in [9.17, 15) is 4.79 Å². The van der Waals surface area contributed by atoms with E-state index in [1.807, 2.05) is 42.5 Å². The van der Waals surface area contributed by atoms with Gasteiger partial charge in [-0.1, -0.05) is 12.2 Å². The summed E-state index contributed by atoms with van der Waals surface area (Å²) in [6.45, 7) is 3.30. The Kier molecular flexibility index (Phi) is 5.06. The van der Waals surface area contributed by atoms with Crippen molar-refractivity contribution in [2.45, 2.75) is 0 Å². The molecule has 1 aromatic carbocycles. The molecule has 4 heteroatoms. The number of anilines is 1. The van der Waals surface area contributed by atoms with Gasteiger partial charge >= 0.3 is 0 Å². The van der Waals surface area contributed by atoms with E-state index in [0.29, 0.717) is 5.56 Å². The van der Waals surface area contributed by atoms with E-state index in [4.69, 9.17) is 9.15 Å². The van der Waals surface area contributed by atoms with Crippen LogP contribution < -0.4 is 4.90 Å². The number of carbonyl (C=O) groups excluding carboxylic acids is 1. The summed E-state index contributed by atoms with van der Waals surface area (Å²) in [5.41, 5.74) is 1.82. The fraction of sp³-hybridized carbons (Fsp3) is 0.211. The Morgan fingerprint density at radius 2 is 1.83 bits per heavy atom. The molecule has 0 radical (unpaired) electrons. The molecule has 1 aromatic heterocycles. The molecule has 118 valence electrons. The molecule has 0 aliphatic carbocycles. The second kappa shape index (κ2) is 7.61. The Morgan fingerprint density at radius 1 is 1.04 bits per heavy atom. The van der Waals surface area contributed by atoms with Crippen LogP contribution in [0.4, 0.5) is 5.69 Å². The number of hydrogen-bond donors (Lipinski definition) is 0. The Morgan fingerprint density at radius 3 is 2.52 bits per heavy atom. The summed E-state index contributed by atoms with van der Waals surface area (Å²) in [4.78, 5) is 14.4. The van der Waals surface area contributed by atoms with Gasteiger partial charge in [0.25, 0.3) is 0 Å². The summed E-state index contributed by atoms with van der Waals surface area (Å²) >= 11 is 0. The van der Waals surface area contributed by atoms with Crippen molar-refractivity contribution in [1.29, 1.82) is 0 Å². The zero-order chi connectivity index (χ0) is 15.9. The minimum Gasteiger partial charge on any atom is -0.465 e. The molecule has 2 heterocycles. The lowest BCUT2D eigenvalue weighted by Gasteiger charge is -2.28. The molecular formula is C19H19NO3. The predicted octanol–water partition coefficient (Wildman–Crippen LogP) is 3.57. The maximum absolute atomic E-state index is 12.1. The molecule has 0 N–H and O–H groups in total. The van der Waals surface area contributed by atoms with Gasteiger partial charge < -0.3 is 14.1 Å². The Balaban J connectivity index is 1.58. The van der Waals surface area contributed by atoms with Crippen LogP contribution in [0.5, 0.6) is 0 Å². The minimum absolute atomic E-state index is 0.0115. The normalized spacial score (nSPS) is 15.6. The number of carbonyl (C=O) groups is 1. The second-order valence-electron chi connectivity index (χ2n) is 5.24. The van der Waals surface area contributed by atoms with E-state index >= 15 is 0 Å². The SMILES string of the molecule is O=C(/C=C/C=C/c1ccco1)c1ccc(N2CCOCC2)cc1. The van der Waals surface area contributed by atoms with Crippen LogP contribution in [-0.2, 0) is 4.74 Å². The third-order valence-corrected chi connectivity index (χ3v) is 3.69. The molecule has 0 spiro atoms. The molecule has 23 heavy (non-hydrogen) atoms. The van der Waals surface area contributed by atoms with E-state index in [0.717, 1.165) is 37.8 Å². The predicted molar refractivity (Wildman–Crippen MR) is 90.7 cm³/mol. The van der Waals surface area contributed by atoms with Gasteiger partial charge in [-0.05, 0) is 48.6 Å². The van der Waals surface area contributed by atoms with Gasteiger partial charge in [0.1, 0.15) is 5.76 Å². The first-order chi connectivity index (χ1) is 11.3. The first-order valence-corrected chi connectivity index (χ1v) is 7.68. The number of allylic oxidation sites excluding steroid dienone is 3. The first-order valence-electron chi connectivity index (χ1n) is 7.68. The van der Waals surface area contributed by atoms with E-state index in [1.54, 1.807) is 24.5 Å². The van der Waals surface area contributed by atoms with Crippen LogP contribution in [0.2, 0.25) is 0 Å². The maximum atomic E-state index is 12.1. The molecule has 0 atom stereocenters. The van der Waals surface area contributed by atoms with Crippen LogP contribution in [0.15, 0.2) is 65.3 Å². The third kappa shape index (κ3) is 4.20. The van der Waals surface area contributed by atoms with Crippen molar-refractivity contribution in [2.24, 2.45) is 0 Å². The quantitative estimate of drug-likeness (QED) is 0.481. The topological polar surface area (TPSA) is 42.7 Å². The Hall–Kier alpha value is -2.59. The summed E-state index contributed by atoms with van der Waals surface area (Å²) in [5.74, 6) is 0.750. The molecule has 1 aliphatic rings. The summed E-state index contributed by atoms with van der Waals surface area (Å²) in [6.07, 6.45) is 8.50. The molecule has 0 bridgehead atoms. The first kappa shape index (κ1) is 15.3. The number of benzene rings is 1. The zero-order valence-corrected chi connectivity index (χ0v) is 12.9. The second-order valence-corrected chi connectivity index (χ2v) is 5.24. The number of ether oxygens (including phenoxy) is 1. The molecule has 2 aromatic rings. The van der Waals surface area contributed by atoms with Crippen LogP contribution in [-0.4, -0.2) is 32.1 Å². The molecule has 1 saturated heterocycles. The highest BCUT2D eigenvalue weighted by atomic mass is 16.5. The molecule has 0 amide bonds. The number of hydrogen-bond acceptors (Lipinski definition) is 4. The molecular weight excluding hydrogens is 290 g/mol. The highest BCUT2D eigenvalue weighted by Crippen LogP contribution is 2.17. The Bertz CT molecular complexity index is 678. The van der Waals surface area contributed by atoms with Crippen molar-refractivity contribution in [2.75, 3.05) is 31.2 Å². The number of morpholine rings is 1. The van der Waals surface area contributed by atoms with E-state index < -0.39 is 0 Å². The van der Waals surface area contributed by atoms with Gasteiger partial charge in [0, 0.05) is 24.3 Å². The highest BCUT2D eigenvalue weighted by molar-refractivity contribution is 6.04. The van der Waals surface area contributed by atoms with Crippen molar-refractivity contribution in [1.82, 2.24) is 0 Å².